The first-order valence-electron chi connectivity index (χ1n) is 8.31. The summed E-state index contributed by atoms with van der Waals surface area (Å²) in [6.45, 7) is 15.8. The molecule has 0 saturated carbocycles. The third kappa shape index (κ3) is 12.3. The van der Waals surface area contributed by atoms with Gasteiger partial charge in [0.1, 0.15) is 0 Å². The Hall–Kier alpha value is -2.24. The fraction of sp³-hybridized carbons (Fsp3) is 0.556. The molecule has 0 unspecified atom stereocenters. The maximum Gasteiger partial charge on any atom is 0.233 e. The number of hydrogen-bond acceptors (Lipinski definition) is 6. The van der Waals surface area contributed by atoms with E-state index in [0.29, 0.717) is 11.8 Å². The first-order valence-corrected chi connectivity index (χ1v) is 8.31. The highest BCUT2D eigenvalue weighted by Crippen LogP contribution is 2.07. The molecule has 0 atom stereocenters. The molecule has 6 heteroatoms. The smallest absolute Gasteiger partial charge is 0.233 e. The summed E-state index contributed by atoms with van der Waals surface area (Å²) in [5, 5.41) is 15.1. The van der Waals surface area contributed by atoms with Crippen LogP contribution in [0.5, 0.6) is 11.8 Å². The Morgan fingerprint density at radius 1 is 0.875 bits per heavy atom. The Morgan fingerprint density at radius 3 is 1.92 bits per heavy atom. The second kappa shape index (κ2) is 15.6. The molecular formula is C18H32N4O2. The van der Waals surface area contributed by atoms with Crippen molar-refractivity contribution in [2.45, 2.75) is 61.5 Å². The molecule has 0 spiro atoms. The summed E-state index contributed by atoms with van der Waals surface area (Å²) in [6, 6.07) is 5.50. The second-order valence-corrected chi connectivity index (χ2v) is 4.45. The molecule has 2 heterocycles. The van der Waals surface area contributed by atoms with E-state index in [1.807, 2.05) is 67.5 Å². The van der Waals surface area contributed by atoms with E-state index in [1.165, 1.54) is 0 Å². The predicted octanol–water partition coefficient (Wildman–Crippen LogP) is 4.42. The van der Waals surface area contributed by atoms with Crippen molar-refractivity contribution >= 4 is 0 Å². The van der Waals surface area contributed by atoms with Gasteiger partial charge >= 0.3 is 0 Å². The van der Waals surface area contributed by atoms with Crippen LogP contribution in [0.4, 0.5) is 0 Å². The van der Waals surface area contributed by atoms with Gasteiger partial charge in [-0.3, -0.25) is 0 Å². The van der Waals surface area contributed by atoms with Gasteiger partial charge in [0.25, 0.3) is 0 Å². The van der Waals surface area contributed by atoms with Crippen molar-refractivity contribution < 1.29 is 9.47 Å². The first kappa shape index (κ1) is 24.0. The van der Waals surface area contributed by atoms with Crippen LogP contribution in [0.2, 0.25) is 0 Å². The van der Waals surface area contributed by atoms with E-state index in [-0.39, 0.29) is 6.10 Å². The van der Waals surface area contributed by atoms with Crippen LogP contribution in [-0.2, 0) is 0 Å². The Kier molecular flexibility index (Phi) is 15.7. The van der Waals surface area contributed by atoms with Gasteiger partial charge in [-0.25, -0.2) is 0 Å². The van der Waals surface area contributed by atoms with Crippen molar-refractivity contribution in [3.63, 3.8) is 0 Å². The van der Waals surface area contributed by atoms with Crippen molar-refractivity contribution in [2.24, 2.45) is 0 Å². The largest absolute Gasteiger partial charge is 0.480 e. The van der Waals surface area contributed by atoms with E-state index in [0.717, 1.165) is 11.3 Å². The summed E-state index contributed by atoms with van der Waals surface area (Å²) in [7, 11) is 1.57. The zero-order valence-corrected chi connectivity index (χ0v) is 16.5. The summed E-state index contributed by atoms with van der Waals surface area (Å²) in [5.74, 6) is 1.15. The lowest BCUT2D eigenvalue weighted by Gasteiger charge is -2.06. The van der Waals surface area contributed by atoms with E-state index in [2.05, 4.69) is 20.4 Å². The highest BCUT2D eigenvalue weighted by Gasteiger charge is 1.98. The van der Waals surface area contributed by atoms with Crippen LogP contribution < -0.4 is 9.47 Å². The van der Waals surface area contributed by atoms with E-state index in [4.69, 9.17) is 9.47 Å². The molecule has 0 fully saturated rings. The lowest BCUT2D eigenvalue weighted by atomic mass is 10.3. The third-order valence-electron chi connectivity index (χ3n) is 2.11. The first-order chi connectivity index (χ1) is 11.5. The zero-order valence-electron chi connectivity index (χ0n) is 16.5. The van der Waals surface area contributed by atoms with E-state index >= 15 is 0 Å². The van der Waals surface area contributed by atoms with E-state index < -0.39 is 0 Å². The fourth-order valence-electron chi connectivity index (χ4n) is 1.23. The summed E-state index contributed by atoms with van der Waals surface area (Å²) >= 11 is 0. The van der Waals surface area contributed by atoms with E-state index in [1.54, 1.807) is 19.4 Å². The zero-order chi connectivity index (χ0) is 19.0. The SMILES string of the molecule is CC.CC.COc1ccc(C)nn1.Cc1cnnc(OC(C)C)c1. The summed E-state index contributed by atoms with van der Waals surface area (Å²) in [4.78, 5) is 0. The van der Waals surface area contributed by atoms with Crippen molar-refractivity contribution in [3.05, 3.63) is 35.7 Å². The van der Waals surface area contributed by atoms with Gasteiger partial charge in [-0.1, -0.05) is 27.7 Å². The predicted molar refractivity (Wildman–Crippen MR) is 98.6 cm³/mol. The maximum absolute atomic E-state index is 5.32. The third-order valence-corrected chi connectivity index (χ3v) is 2.11. The van der Waals surface area contributed by atoms with Gasteiger partial charge in [-0.05, 0) is 39.3 Å². The van der Waals surface area contributed by atoms with Crippen LogP contribution in [0, 0.1) is 13.8 Å². The number of aromatic nitrogens is 4. The highest BCUT2D eigenvalue weighted by molar-refractivity contribution is 5.15. The number of nitrogens with zero attached hydrogens (tertiary/aromatic N) is 4. The molecule has 6 nitrogen and oxygen atoms in total. The number of rotatable bonds is 3. The minimum Gasteiger partial charge on any atom is -0.480 e. The molecule has 0 aromatic carbocycles. The van der Waals surface area contributed by atoms with Gasteiger partial charge in [-0.15, -0.1) is 10.2 Å². The maximum atomic E-state index is 5.32. The second-order valence-electron chi connectivity index (χ2n) is 4.45. The number of methoxy groups -OCH3 is 1. The Labute approximate surface area is 146 Å². The number of hydrogen-bond donors (Lipinski definition) is 0. The average Bonchev–Trinajstić information content (AvgIpc) is 2.59. The monoisotopic (exact) mass is 336 g/mol. The molecule has 0 saturated heterocycles. The van der Waals surface area contributed by atoms with Crippen LogP contribution in [0.3, 0.4) is 0 Å². The number of aryl methyl sites for hydroxylation is 2. The van der Waals surface area contributed by atoms with Crippen LogP contribution in [0.15, 0.2) is 24.4 Å². The van der Waals surface area contributed by atoms with Gasteiger partial charge in [-0.2, -0.15) is 10.2 Å². The van der Waals surface area contributed by atoms with Crippen LogP contribution in [0.1, 0.15) is 52.8 Å². The van der Waals surface area contributed by atoms with Gasteiger partial charge in [0.15, 0.2) is 0 Å². The molecule has 0 amide bonds. The minimum absolute atomic E-state index is 0.158. The lowest BCUT2D eigenvalue weighted by molar-refractivity contribution is 0.230. The molecule has 0 N–H and O–H groups in total. The minimum atomic E-state index is 0.158. The Morgan fingerprint density at radius 2 is 1.50 bits per heavy atom. The molecule has 0 aliphatic rings. The highest BCUT2D eigenvalue weighted by atomic mass is 16.5. The summed E-state index contributed by atoms with van der Waals surface area (Å²) in [5.41, 5.74) is 1.96. The van der Waals surface area contributed by atoms with Gasteiger partial charge in [0.05, 0.1) is 25.1 Å². The average molecular weight is 336 g/mol. The van der Waals surface area contributed by atoms with Crippen LogP contribution in [-0.4, -0.2) is 33.6 Å². The molecule has 0 bridgehead atoms. The molecule has 136 valence electrons. The summed E-state index contributed by atoms with van der Waals surface area (Å²) < 4.78 is 10.1. The quantitative estimate of drug-likeness (QED) is 0.826. The molecule has 0 aliphatic carbocycles. The Balaban J connectivity index is 0. The molecule has 0 aliphatic heterocycles. The lowest BCUT2D eigenvalue weighted by Crippen LogP contribution is -2.07. The molecular weight excluding hydrogens is 304 g/mol. The molecule has 2 rings (SSSR count). The van der Waals surface area contributed by atoms with Crippen molar-refractivity contribution in [3.8, 4) is 11.8 Å². The van der Waals surface area contributed by atoms with Gasteiger partial charge in [0, 0.05) is 12.1 Å². The molecule has 2 aromatic rings. The Bertz CT molecular complexity index is 517. The van der Waals surface area contributed by atoms with Crippen LogP contribution >= 0.6 is 0 Å². The fourth-order valence-corrected chi connectivity index (χ4v) is 1.23. The normalized spacial score (nSPS) is 8.58. The molecule has 2 aromatic heterocycles. The van der Waals surface area contributed by atoms with Gasteiger partial charge in [0.2, 0.25) is 11.8 Å². The van der Waals surface area contributed by atoms with Crippen molar-refractivity contribution in [1.82, 2.24) is 20.4 Å². The van der Waals surface area contributed by atoms with Crippen molar-refractivity contribution in [2.75, 3.05) is 7.11 Å². The van der Waals surface area contributed by atoms with Crippen LogP contribution in [0.25, 0.3) is 0 Å². The summed E-state index contributed by atoms with van der Waals surface area (Å²) in [6.07, 6.45) is 1.86. The standard InChI is InChI=1S/C8H12N2O.C6H8N2O.2C2H6/c1-6(2)11-8-4-7(3)5-9-10-8;1-5-3-4-6(9-2)8-7-5;2*1-2/h4-6H,1-3H3;3-4H,1-2H3;2*1-2H3. The van der Waals surface area contributed by atoms with E-state index in [9.17, 15) is 0 Å². The molecule has 0 radical (unpaired) electrons. The number of ether oxygens (including phenoxy) is 2. The van der Waals surface area contributed by atoms with Gasteiger partial charge < -0.3 is 9.47 Å². The van der Waals surface area contributed by atoms with Crippen molar-refractivity contribution in [1.29, 1.82) is 0 Å². The topological polar surface area (TPSA) is 70.0 Å². The molecule has 24 heavy (non-hydrogen) atoms.